The van der Waals surface area contributed by atoms with Crippen molar-refractivity contribution in [3.8, 4) is 11.1 Å². The quantitative estimate of drug-likeness (QED) is 0.148. The number of hydrogen-bond acceptors (Lipinski definition) is 5. The van der Waals surface area contributed by atoms with Crippen LogP contribution in [0.25, 0.3) is 73.4 Å². The van der Waals surface area contributed by atoms with Gasteiger partial charge in [0.25, 0.3) is 0 Å². The molecule has 0 bridgehead atoms. The van der Waals surface area contributed by atoms with E-state index >= 15 is 0 Å². The summed E-state index contributed by atoms with van der Waals surface area (Å²) in [5, 5.41) is 12.9. The van der Waals surface area contributed by atoms with Crippen LogP contribution in [0.5, 0.6) is 0 Å². The van der Waals surface area contributed by atoms with Gasteiger partial charge in [0.2, 0.25) is 0 Å². The minimum absolute atomic E-state index is 0.858. The second kappa shape index (κ2) is 16.3. The fourth-order valence-electron chi connectivity index (χ4n) is 11.8. The molecule has 6 heteroatoms. The summed E-state index contributed by atoms with van der Waals surface area (Å²) in [5.41, 5.74) is 10.8. The summed E-state index contributed by atoms with van der Waals surface area (Å²) in [6, 6.07) is 94.8. The largest absolute Gasteiger partial charge is 0.456 e. The Labute approximate surface area is 425 Å². The predicted molar refractivity (Wildman–Crippen MR) is 311 cm³/mol. The monoisotopic (exact) mass is 970 g/mol. The highest BCUT2D eigenvalue weighted by atomic mass is 32.1. The highest BCUT2D eigenvalue weighted by Crippen LogP contribution is 2.47. The molecule has 0 unspecified atom stereocenters. The first-order chi connectivity index (χ1) is 35.7. The molecule has 3 aromatic heterocycles. The third-order valence-corrected chi connectivity index (χ3v) is 22.0. The Bertz CT molecular complexity index is 4310. The van der Waals surface area contributed by atoms with Gasteiger partial charge in [-0.15, -0.1) is 22.7 Å². The van der Waals surface area contributed by atoms with E-state index in [1.54, 1.807) is 0 Å². The third-order valence-electron chi connectivity index (χ3n) is 14.9. The highest BCUT2D eigenvalue weighted by Gasteiger charge is 2.49. The van der Waals surface area contributed by atoms with Crippen molar-refractivity contribution >= 4 is 148 Å². The molecule has 72 heavy (non-hydrogen) atoms. The summed E-state index contributed by atoms with van der Waals surface area (Å²) >= 11 is 3.80. The maximum Gasteiger partial charge on any atom is 0.184 e. The van der Waals surface area contributed by atoms with E-state index < -0.39 is 8.07 Å². The maximum atomic E-state index is 6.59. The van der Waals surface area contributed by atoms with Crippen molar-refractivity contribution in [2.24, 2.45) is 0 Å². The van der Waals surface area contributed by atoms with Gasteiger partial charge in [0, 0.05) is 74.2 Å². The molecule has 338 valence electrons. The summed E-state index contributed by atoms with van der Waals surface area (Å²) < 4.78 is 11.9. The summed E-state index contributed by atoms with van der Waals surface area (Å²) in [5.74, 6) is 0. The topological polar surface area (TPSA) is 19.6 Å². The molecule has 4 heterocycles. The molecule has 0 spiro atoms. The van der Waals surface area contributed by atoms with Crippen LogP contribution in [0.3, 0.4) is 0 Å². The number of hydrogen-bond donors (Lipinski definition) is 0. The molecule has 15 rings (SSSR count). The molecule has 0 N–H and O–H groups in total. The lowest BCUT2D eigenvalue weighted by molar-refractivity contribution is 0.669. The summed E-state index contributed by atoms with van der Waals surface area (Å²) in [6.45, 7) is 0. The van der Waals surface area contributed by atoms with Crippen LogP contribution in [-0.4, -0.2) is 8.07 Å². The van der Waals surface area contributed by atoms with Crippen LogP contribution in [0.15, 0.2) is 259 Å². The van der Waals surface area contributed by atoms with E-state index in [0.29, 0.717) is 0 Å². The standard InChI is InChI=1S/C66H42N2OS2Si/c1-3-16-43(17-4-1)44-30-32-46(33-31-44)67(56-24-15-26-59-66(56)54-22-7-11-25-58(54)69-59)47-34-39-65-57(40-47)68(45-18-5-2-6-19-45)55-23-10-14-29-64(55)72(65,48-35-37-52-50-20-8-12-27-60(50)70-62(52)41-48)49-36-38-53-51-21-9-13-28-61(51)71-63(53)42-49/h1-42H. The smallest absolute Gasteiger partial charge is 0.184 e. The van der Waals surface area contributed by atoms with E-state index in [-0.39, 0.29) is 0 Å². The molecule has 3 nitrogen and oxygen atoms in total. The summed E-state index contributed by atoms with van der Waals surface area (Å²) in [7, 11) is -3.18. The molecular formula is C66H42N2OS2Si. The predicted octanol–water partition coefficient (Wildman–Crippen LogP) is 16.6. The van der Waals surface area contributed by atoms with Gasteiger partial charge in [0.15, 0.2) is 8.07 Å². The Morgan fingerprint density at radius 2 is 0.903 bits per heavy atom. The molecule has 0 saturated carbocycles. The van der Waals surface area contributed by atoms with Crippen molar-refractivity contribution in [3.05, 3.63) is 255 Å². The van der Waals surface area contributed by atoms with Gasteiger partial charge in [0.1, 0.15) is 11.2 Å². The lowest BCUT2D eigenvalue weighted by Crippen LogP contribution is -2.77. The van der Waals surface area contributed by atoms with Gasteiger partial charge in [-0.2, -0.15) is 0 Å². The van der Waals surface area contributed by atoms with E-state index in [2.05, 4.69) is 265 Å². The normalized spacial score (nSPS) is 13.1. The van der Waals surface area contributed by atoms with E-state index in [4.69, 9.17) is 4.42 Å². The zero-order valence-corrected chi connectivity index (χ0v) is 41.5. The average Bonchev–Trinajstić information content (AvgIpc) is 4.14. The van der Waals surface area contributed by atoms with E-state index in [1.807, 2.05) is 22.7 Å². The van der Waals surface area contributed by atoms with Crippen LogP contribution in [0.4, 0.5) is 34.1 Å². The maximum absolute atomic E-state index is 6.59. The SMILES string of the molecule is c1ccc(-c2ccc(N(c3ccc4c(c3)N(c3ccccc3)c3ccccc3[Si]4(c3ccc4c(c3)sc3ccccc34)c3ccc4c(c3)sc3ccccc34)c3cccc4oc5ccccc5c34)cc2)cc1. The number of para-hydroxylation sites is 3. The third kappa shape index (κ3) is 6.20. The minimum atomic E-state index is -3.18. The summed E-state index contributed by atoms with van der Waals surface area (Å²) in [6.07, 6.45) is 0. The molecule has 11 aromatic carbocycles. The van der Waals surface area contributed by atoms with Crippen LogP contribution in [-0.2, 0) is 0 Å². The van der Waals surface area contributed by atoms with Crippen LogP contribution in [0, 0.1) is 0 Å². The Hall–Kier alpha value is -8.52. The average molecular weight is 971 g/mol. The molecule has 0 aliphatic carbocycles. The fourth-order valence-corrected chi connectivity index (χ4v) is 19.4. The molecule has 0 amide bonds. The number of fused-ring (bicyclic) bond motifs is 11. The Morgan fingerprint density at radius 3 is 1.61 bits per heavy atom. The molecule has 0 fully saturated rings. The molecule has 1 aliphatic rings. The van der Waals surface area contributed by atoms with E-state index in [0.717, 1.165) is 44.7 Å². The number of rotatable bonds is 7. The van der Waals surface area contributed by atoms with Crippen LogP contribution in [0.2, 0.25) is 0 Å². The molecule has 1 aliphatic heterocycles. The van der Waals surface area contributed by atoms with Gasteiger partial charge in [-0.3, -0.25) is 0 Å². The molecule has 0 radical (unpaired) electrons. The van der Waals surface area contributed by atoms with Gasteiger partial charge < -0.3 is 14.2 Å². The number of benzene rings is 11. The zero-order chi connectivity index (χ0) is 47.3. The molecular weight excluding hydrogens is 929 g/mol. The van der Waals surface area contributed by atoms with Gasteiger partial charge in [-0.25, -0.2) is 0 Å². The minimum Gasteiger partial charge on any atom is -0.456 e. The number of nitrogens with zero attached hydrogens (tertiary/aromatic N) is 2. The van der Waals surface area contributed by atoms with Crippen molar-refractivity contribution in [2.75, 3.05) is 9.80 Å². The first-order valence-corrected chi connectivity index (χ1v) is 28.1. The lowest BCUT2D eigenvalue weighted by Gasteiger charge is -2.45. The van der Waals surface area contributed by atoms with Crippen molar-refractivity contribution < 1.29 is 4.42 Å². The lowest BCUT2D eigenvalue weighted by atomic mass is 10.0. The van der Waals surface area contributed by atoms with E-state index in [1.165, 1.54) is 83.6 Å². The van der Waals surface area contributed by atoms with Crippen molar-refractivity contribution in [2.45, 2.75) is 0 Å². The van der Waals surface area contributed by atoms with Crippen LogP contribution in [0.1, 0.15) is 0 Å². The molecule has 0 saturated heterocycles. The molecule has 14 aromatic rings. The zero-order valence-electron chi connectivity index (χ0n) is 38.9. The molecule has 0 atom stereocenters. The van der Waals surface area contributed by atoms with Crippen molar-refractivity contribution in [3.63, 3.8) is 0 Å². The number of thiophene rings is 2. The second-order valence-corrected chi connectivity index (χ2v) is 24.7. The summed E-state index contributed by atoms with van der Waals surface area (Å²) in [4.78, 5) is 4.97. The van der Waals surface area contributed by atoms with Gasteiger partial charge >= 0.3 is 0 Å². The van der Waals surface area contributed by atoms with Crippen LogP contribution < -0.4 is 30.5 Å². The number of anilines is 6. The Morgan fingerprint density at radius 1 is 0.361 bits per heavy atom. The first-order valence-electron chi connectivity index (χ1n) is 24.5. The van der Waals surface area contributed by atoms with Gasteiger partial charge in [-0.1, -0.05) is 170 Å². The van der Waals surface area contributed by atoms with Crippen molar-refractivity contribution in [1.82, 2.24) is 0 Å². The fraction of sp³-hybridized carbons (Fsp3) is 0. The van der Waals surface area contributed by atoms with Gasteiger partial charge in [0.05, 0.1) is 11.1 Å². The number of furan rings is 1. The Balaban J connectivity index is 1.04. The Kier molecular flexibility index (Phi) is 9.33. The van der Waals surface area contributed by atoms with Crippen molar-refractivity contribution in [1.29, 1.82) is 0 Å². The van der Waals surface area contributed by atoms with Gasteiger partial charge in [-0.05, 0) is 117 Å². The van der Waals surface area contributed by atoms with Crippen LogP contribution >= 0.6 is 22.7 Å². The second-order valence-electron chi connectivity index (χ2n) is 18.8. The van der Waals surface area contributed by atoms with E-state index in [9.17, 15) is 0 Å². The highest BCUT2D eigenvalue weighted by molar-refractivity contribution is 7.27. The first kappa shape index (κ1) is 41.3.